The maximum atomic E-state index is 12.5. The second-order valence-electron chi connectivity index (χ2n) is 7.19. The van der Waals surface area contributed by atoms with Crippen molar-refractivity contribution < 1.29 is 4.79 Å². The van der Waals surface area contributed by atoms with Crippen molar-refractivity contribution in [3.05, 3.63) is 21.4 Å². The minimum atomic E-state index is 0. The van der Waals surface area contributed by atoms with Crippen LogP contribution in [-0.2, 0) is 12.8 Å². The van der Waals surface area contributed by atoms with Crippen LogP contribution in [0.3, 0.4) is 0 Å². The van der Waals surface area contributed by atoms with Gasteiger partial charge in [-0.25, -0.2) is 0 Å². The highest BCUT2D eigenvalue weighted by atomic mass is 35.5. The molecule has 0 radical (unpaired) electrons. The lowest BCUT2D eigenvalue weighted by molar-refractivity contribution is 0.0928. The van der Waals surface area contributed by atoms with Crippen LogP contribution in [0, 0.1) is 5.92 Å². The number of nitrogens with one attached hydrogen (secondary N) is 2. The second-order valence-corrected chi connectivity index (χ2v) is 8.32. The molecule has 0 saturated carbocycles. The Morgan fingerprint density at radius 1 is 1.27 bits per heavy atom. The Kier molecular flexibility index (Phi) is 4.81. The SMILES string of the molecule is CC1CCc2sc(C(=O)NC3CC4CCC(C3)N4)cc2C1.Cl. The van der Waals surface area contributed by atoms with E-state index in [9.17, 15) is 4.79 Å². The molecule has 4 rings (SSSR count). The van der Waals surface area contributed by atoms with Gasteiger partial charge in [0.2, 0.25) is 0 Å². The molecule has 3 heterocycles. The molecule has 2 fully saturated rings. The van der Waals surface area contributed by atoms with Crippen LogP contribution < -0.4 is 10.6 Å². The van der Waals surface area contributed by atoms with Crippen molar-refractivity contribution in [2.24, 2.45) is 5.92 Å². The first kappa shape index (κ1) is 16.3. The molecule has 2 bridgehead atoms. The van der Waals surface area contributed by atoms with Crippen molar-refractivity contribution in [2.75, 3.05) is 0 Å². The van der Waals surface area contributed by atoms with E-state index >= 15 is 0 Å². The molecule has 3 unspecified atom stereocenters. The molecule has 0 spiro atoms. The number of carbonyl (C=O) groups is 1. The van der Waals surface area contributed by atoms with Gasteiger partial charge < -0.3 is 10.6 Å². The van der Waals surface area contributed by atoms with E-state index in [1.807, 2.05) is 0 Å². The molecule has 3 aliphatic rings. The molecule has 3 nitrogen and oxygen atoms in total. The van der Waals surface area contributed by atoms with Gasteiger partial charge in [-0.2, -0.15) is 0 Å². The van der Waals surface area contributed by atoms with Crippen molar-refractivity contribution in [3.8, 4) is 0 Å². The first-order valence-corrected chi connectivity index (χ1v) is 9.17. The number of aryl methyl sites for hydroxylation is 1. The molecule has 1 amide bonds. The average molecular weight is 341 g/mol. The number of piperidine rings is 1. The van der Waals surface area contributed by atoms with Crippen LogP contribution in [0.1, 0.15) is 59.1 Å². The van der Waals surface area contributed by atoms with Crippen molar-refractivity contribution in [2.45, 2.75) is 70.0 Å². The normalized spacial score (nSPS) is 33.0. The Hall–Kier alpha value is -0.580. The van der Waals surface area contributed by atoms with Gasteiger partial charge in [-0.15, -0.1) is 23.7 Å². The molecular formula is C17H25ClN2OS. The van der Waals surface area contributed by atoms with Gasteiger partial charge in [-0.1, -0.05) is 6.92 Å². The monoisotopic (exact) mass is 340 g/mol. The topological polar surface area (TPSA) is 41.1 Å². The highest BCUT2D eigenvalue weighted by molar-refractivity contribution is 7.14. The van der Waals surface area contributed by atoms with Gasteiger partial charge in [0, 0.05) is 23.0 Å². The summed E-state index contributed by atoms with van der Waals surface area (Å²) in [6.45, 7) is 2.31. The zero-order chi connectivity index (χ0) is 14.4. The lowest BCUT2D eigenvalue weighted by Crippen LogP contribution is -2.47. The second kappa shape index (κ2) is 6.50. The number of amides is 1. The third-order valence-electron chi connectivity index (χ3n) is 5.36. The van der Waals surface area contributed by atoms with E-state index in [1.54, 1.807) is 11.3 Å². The molecule has 0 aromatic carbocycles. The van der Waals surface area contributed by atoms with Crippen molar-refractivity contribution in [1.29, 1.82) is 0 Å². The minimum Gasteiger partial charge on any atom is -0.348 e. The third-order valence-corrected chi connectivity index (χ3v) is 6.60. The first-order chi connectivity index (χ1) is 10.2. The Morgan fingerprint density at radius 3 is 2.73 bits per heavy atom. The molecule has 1 aromatic heterocycles. The van der Waals surface area contributed by atoms with Crippen LogP contribution in [0.4, 0.5) is 0 Å². The molecular weight excluding hydrogens is 316 g/mol. The van der Waals surface area contributed by atoms with Gasteiger partial charge in [0.1, 0.15) is 0 Å². The summed E-state index contributed by atoms with van der Waals surface area (Å²) in [4.78, 5) is 14.9. The van der Waals surface area contributed by atoms with E-state index in [2.05, 4.69) is 23.6 Å². The van der Waals surface area contributed by atoms with Crippen LogP contribution in [0.2, 0.25) is 0 Å². The first-order valence-electron chi connectivity index (χ1n) is 8.36. The highest BCUT2D eigenvalue weighted by Crippen LogP contribution is 2.32. The Labute approximate surface area is 142 Å². The highest BCUT2D eigenvalue weighted by Gasteiger charge is 2.34. The quantitative estimate of drug-likeness (QED) is 0.867. The smallest absolute Gasteiger partial charge is 0.261 e. The number of halogens is 1. The largest absolute Gasteiger partial charge is 0.348 e. The van der Waals surface area contributed by atoms with E-state index in [-0.39, 0.29) is 18.3 Å². The van der Waals surface area contributed by atoms with E-state index in [4.69, 9.17) is 0 Å². The van der Waals surface area contributed by atoms with Crippen LogP contribution in [0.25, 0.3) is 0 Å². The summed E-state index contributed by atoms with van der Waals surface area (Å²) in [5, 5.41) is 6.92. The summed E-state index contributed by atoms with van der Waals surface area (Å²) in [5.74, 6) is 0.927. The van der Waals surface area contributed by atoms with Crippen LogP contribution in [0.5, 0.6) is 0 Å². The van der Waals surface area contributed by atoms with Crippen LogP contribution >= 0.6 is 23.7 Å². The average Bonchev–Trinajstić information content (AvgIpc) is 3.02. The van der Waals surface area contributed by atoms with E-state index in [1.165, 1.54) is 29.7 Å². The summed E-state index contributed by atoms with van der Waals surface area (Å²) in [7, 11) is 0. The van der Waals surface area contributed by atoms with E-state index < -0.39 is 0 Å². The molecule has 22 heavy (non-hydrogen) atoms. The number of carbonyl (C=O) groups excluding carboxylic acids is 1. The molecule has 3 atom stereocenters. The summed E-state index contributed by atoms with van der Waals surface area (Å²) in [5.41, 5.74) is 1.43. The van der Waals surface area contributed by atoms with E-state index in [0.717, 1.165) is 36.5 Å². The maximum absolute atomic E-state index is 12.5. The number of thiophene rings is 1. The summed E-state index contributed by atoms with van der Waals surface area (Å²) in [6.07, 6.45) is 8.34. The van der Waals surface area contributed by atoms with Crippen LogP contribution in [0.15, 0.2) is 6.07 Å². The predicted octanol–water partition coefficient (Wildman–Crippen LogP) is 3.31. The fraction of sp³-hybridized carbons (Fsp3) is 0.706. The maximum Gasteiger partial charge on any atom is 0.261 e. The lowest BCUT2D eigenvalue weighted by Gasteiger charge is -2.29. The molecule has 1 aliphatic carbocycles. The lowest BCUT2D eigenvalue weighted by atomic mass is 9.90. The van der Waals surface area contributed by atoms with Crippen LogP contribution in [-0.4, -0.2) is 24.0 Å². The molecule has 2 saturated heterocycles. The third kappa shape index (κ3) is 3.19. The Bertz CT molecular complexity index is 547. The zero-order valence-electron chi connectivity index (χ0n) is 13.1. The molecule has 1 aromatic rings. The molecule has 122 valence electrons. The molecule has 5 heteroatoms. The van der Waals surface area contributed by atoms with Crippen molar-refractivity contribution in [1.82, 2.24) is 10.6 Å². The number of hydrogen-bond donors (Lipinski definition) is 2. The standard InChI is InChI=1S/C17H24N2OS.ClH/c1-10-2-5-15-11(6-10)7-16(21-15)17(20)19-14-8-12-3-4-13(9-14)18-12;/h7,10,12-14,18H,2-6,8-9H2,1H3,(H,19,20);1H. The predicted molar refractivity (Wildman–Crippen MR) is 93.2 cm³/mol. The number of rotatable bonds is 2. The van der Waals surface area contributed by atoms with Gasteiger partial charge in [-0.3, -0.25) is 4.79 Å². The zero-order valence-corrected chi connectivity index (χ0v) is 14.7. The summed E-state index contributed by atoms with van der Waals surface area (Å²) in [6, 6.07) is 3.79. The Morgan fingerprint density at radius 2 is 2.00 bits per heavy atom. The van der Waals surface area contributed by atoms with E-state index in [0.29, 0.717) is 18.1 Å². The number of hydrogen-bond acceptors (Lipinski definition) is 3. The summed E-state index contributed by atoms with van der Waals surface area (Å²) >= 11 is 1.72. The molecule has 2 N–H and O–H groups in total. The van der Waals surface area contributed by atoms with Gasteiger partial charge in [0.05, 0.1) is 4.88 Å². The van der Waals surface area contributed by atoms with Gasteiger partial charge >= 0.3 is 0 Å². The van der Waals surface area contributed by atoms with Crippen molar-refractivity contribution >= 4 is 29.7 Å². The van der Waals surface area contributed by atoms with Gasteiger partial charge in [-0.05, 0) is 62.5 Å². The minimum absolute atomic E-state index is 0. The summed E-state index contributed by atoms with van der Waals surface area (Å²) < 4.78 is 0. The van der Waals surface area contributed by atoms with Gasteiger partial charge in [0.25, 0.3) is 5.91 Å². The fourth-order valence-electron chi connectivity index (χ4n) is 4.25. The van der Waals surface area contributed by atoms with Crippen molar-refractivity contribution in [3.63, 3.8) is 0 Å². The van der Waals surface area contributed by atoms with Gasteiger partial charge in [0.15, 0.2) is 0 Å². The Balaban J connectivity index is 0.00000144. The molecule has 2 aliphatic heterocycles. The fourth-order valence-corrected chi connectivity index (χ4v) is 5.36. The number of fused-ring (bicyclic) bond motifs is 3.